The van der Waals surface area contributed by atoms with Gasteiger partial charge in [0.15, 0.2) is 0 Å². The van der Waals surface area contributed by atoms with Crippen LogP contribution in [0.25, 0.3) is 0 Å². The van der Waals surface area contributed by atoms with Crippen molar-refractivity contribution < 1.29 is 0 Å². The van der Waals surface area contributed by atoms with Gasteiger partial charge in [0.25, 0.3) is 0 Å². The predicted molar refractivity (Wildman–Crippen MR) is 108 cm³/mol. The molecule has 0 aromatic heterocycles. The second-order valence-corrected chi connectivity index (χ2v) is 11.1. The molecule has 0 aliphatic carbocycles. The Bertz CT molecular complexity index is 281. The fourth-order valence-corrected chi connectivity index (χ4v) is 3.61. The Kier molecular flexibility index (Phi) is 9.47. The van der Waals surface area contributed by atoms with Crippen LogP contribution in [0.1, 0.15) is 121 Å². The molecular weight excluding hydrogens is 276 g/mol. The van der Waals surface area contributed by atoms with Gasteiger partial charge in [-0.1, -0.05) is 88.5 Å². The molecule has 2 unspecified atom stereocenters. The molecule has 0 saturated carbocycles. The van der Waals surface area contributed by atoms with Crippen LogP contribution in [0.2, 0.25) is 0 Å². The fourth-order valence-electron chi connectivity index (χ4n) is 3.61. The van der Waals surface area contributed by atoms with Gasteiger partial charge in [0.1, 0.15) is 0 Å². The maximum absolute atomic E-state index is 2.59. The summed E-state index contributed by atoms with van der Waals surface area (Å²) in [6, 6.07) is 0. The summed E-state index contributed by atoms with van der Waals surface area (Å²) >= 11 is 0. The van der Waals surface area contributed by atoms with Crippen molar-refractivity contribution in [3.05, 3.63) is 0 Å². The molecule has 0 N–H and O–H groups in total. The molecule has 0 aromatic rings. The van der Waals surface area contributed by atoms with Gasteiger partial charge in [-0.3, -0.25) is 0 Å². The van der Waals surface area contributed by atoms with Gasteiger partial charge in [-0.05, 0) is 60.2 Å². The summed E-state index contributed by atoms with van der Waals surface area (Å²) in [5.74, 6) is 1.79. The van der Waals surface area contributed by atoms with Crippen LogP contribution in [0.15, 0.2) is 0 Å². The monoisotopic (exact) mass is 324 g/mol. The van der Waals surface area contributed by atoms with E-state index >= 15 is 0 Å². The van der Waals surface area contributed by atoms with Crippen molar-refractivity contribution in [2.75, 3.05) is 0 Å². The summed E-state index contributed by atoms with van der Waals surface area (Å²) in [5.41, 5.74) is 1.43. The molecule has 2 atom stereocenters. The minimum absolute atomic E-state index is 0.458. The van der Waals surface area contributed by atoms with E-state index in [1.807, 2.05) is 0 Å². The van der Waals surface area contributed by atoms with Crippen molar-refractivity contribution in [3.63, 3.8) is 0 Å². The Morgan fingerprint density at radius 3 is 1.43 bits per heavy atom. The summed E-state index contributed by atoms with van der Waals surface area (Å²) in [6.45, 7) is 24.2. The molecule has 23 heavy (non-hydrogen) atoms. The quantitative estimate of drug-likeness (QED) is 0.378. The predicted octanol–water partition coefficient (Wildman–Crippen LogP) is 8.50. The van der Waals surface area contributed by atoms with E-state index in [2.05, 4.69) is 69.2 Å². The van der Waals surface area contributed by atoms with Crippen molar-refractivity contribution in [1.82, 2.24) is 0 Å². The number of hydrogen-bond acceptors (Lipinski definition) is 0. The second-order valence-electron chi connectivity index (χ2n) is 11.1. The summed E-state index contributed by atoms with van der Waals surface area (Å²) in [6.07, 6.45) is 11.0. The fraction of sp³-hybridized carbons (Fsp3) is 1.00. The van der Waals surface area contributed by atoms with Crippen LogP contribution in [0.4, 0.5) is 0 Å². The Morgan fingerprint density at radius 2 is 1.13 bits per heavy atom. The van der Waals surface area contributed by atoms with E-state index in [9.17, 15) is 0 Å². The third-order valence-corrected chi connectivity index (χ3v) is 5.82. The molecule has 0 spiro atoms. The van der Waals surface area contributed by atoms with Crippen molar-refractivity contribution in [2.45, 2.75) is 121 Å². The van der Waals surface area contributed by atoms with Gasteiger partial charge < -0.3 is 0 Å². The van der Waals surface area contributed by atoms with Crippen LogP contribution in [0.5, 0.6) is 0 Å². The SMILES string of the molecule is CCCC(CC(C)(CCC(C)(C)C)CCC(C)(C)C)C(C)CC. The molecule has 0 amide bonds. The Labute approximate surface area is 149 Å². The molecule has 0 bridgehead atoms. The Balaban J connectivity index is 5.05. The lowest BCUT2D eigenvalue weighted by Gasteiger charge is -2.39. The first-order chi connectivity index (χ1) is 10.3. The smallest absolute Gasteiger partial charge is 0.0323 e. The minimum Gasteiger partial charge on any atom is -0.0654 e. The molecule has 0 heterocycles. The molecular formula is C23H48. The van der Waals surface area contributed by atoms with Gasteiger partial charge >= 0.3 is 0 Å². The molecule has 0 aliphatic heterocycles. The van der Waals surface area contributed by atoms with Gasteiger partial charge in [0.05, 0.1) is 0 Å². The average molecular weight is 325 g/mol. The van der Waals surface area contributed by atoms with Gasteiger partial charge in [0, 0.05) is 0 Å². The van der Waals surface area contributed by atoms with Gasteiger partial charge in [0.2, 0.25) is 0 Å². The molecule has 0 radical (unpaired) electrons. The molecule has 0 saturated heterocycles. The third kappa shape index (κ3) is 11.2. The number of hydrogen-bond donors (Lipinski definition) is 0. The normalized spacial score (nSPS) is 16.4. The van der Waals surface area contributed by atoms with Crippen LogP contribution in [-0.2, 0) is 0 Å². The van der Waals surface area contributed by atoms with Gasteiger partial charge in [-0.25, -0.2) is 0 Å². The zero-order valence-electron chi connectivity index (χ0n) is 18.3. The second kappa shape index (κ2) is 9.47. The molecule has 0 rings (SSSR count). The number of rotatable bonds is 10. The van der Waals surface area contributed by atoms with Crippen molar-refractivity contribution in [3.8, 4) is 0 Å². The highest BCUT2D eigenvalue weighted by molar-refractivity contribution is 4.83. The minimum atomic E-state index is 0.458. The summed E-state index contributed by atoms with van der Waals surface area (Å²) in [4.78, 5) is 0. The molecule has 0 aromatic carbocycles. The van der Waals surface area contributed by atoms with E-state index in [0.717, 1.165) is 11.8 Å². The molecule has 0 fully saturated rings. The van der Waals surface area contributed by atoms with Crippen molar-refractivity contribution in [1.29, 1.82) is 0 Å². The van der Waals surface area contributed by atoms with Crippen LogP contribution >= 0.6 is 0 Å². The molecule has 140 valence electrons. The maximum Gasteiger partial charge on any atom is -0.0323 e. The average Bonchev–Trinajstić information content (AvgIpc) is 2.40. The highest BCUT2D eigenvalue weighted by Crippen LogP contribution is 2.44. The van der Waals surface area contributed by atoms with Crippen LogP contribution in [0.3, 0.4) is 0 Å². The lowest BCUT2D eigenvalue weighted by atomic mass is 9.67. The molecule has 0 heteroatoms. The third-order valence-electron chi connectivity index (χ3n) is 5.82. The first-order valence-electron chi connectivity index (χ1n) is 10.3. The largest absolute Gasteiger partial charge is 0.0654 e. The Morgan fingerprint density at radius 1 is 0.696 bits per heavy atom. The van der Waals surface area contributed by atoms with E-state index in [-0.39, 0.29) is 0 Å². The topological polar surface area (TPSA) is 0 Å². The van der Waals surface area contributed by atoms with Crippen molar-refractivity contribution >= 4 is 0 Å². The first kappa shape index (κ1) is 23.0. The highest BCUT2D eigenvalue weighted by atomic mass is 14.4. The molecule has 0 nitrogen and oxygen atoms in total. The summed E-state index contributed by atoms with van der Waals surface area (Å²) in [7, 11) is 0. The van der Waals surface area contributed by atoms with Gasteiger partial charge in [-0.15, -0.1) is 0 Å². The summed E-state index contributed by atoms with van der Waals surface area (Å²) < 4.78 is 0. The van der Waals surface area contributed by atoms with Crippen molar-refractivity contribution in [2.24, 2.45) is 28.1 Å². The maximum atomic E-state index is 2.59. The molecule has 0 aliphatic rings. The van der Waals surface area contributed by atoms with Crippen LogP contribution < -0.4 is 0 Å². The van der Waals surface area contributed by atoms with E-state index in [1.165, 1.54) is 51.4 Å². The highest BCUT2D eigenvalue weighted by Gasteiger charge is 2.32. The zero-order chi connectivity index (χ0) is 18.3. The zero-order valence-corrected chi connectivity index (χ0v) is 18.3. The first-order valence-corrected chi connectivity index (χ1v) is 10.3. The lowest BCUT2D eigenvalue weighted by molar-refractivity contribution is 0.124. The van der Waals surface area contributed by atoms with E-state index in [1.54, 1.807) is 0 Å². The van der Waals surface area contributed by atoms with Crippen LogP contribution in [0, 0.1) is 28.1 Å². The summed E-state index contributed by atoms with van der Waals surface area (Å²) in [5, 5.41) is 0. The Hall–Kier alpha value is 0. The lowest BCUT2D eigenvalue weighted by Crippen LogP contribution is -2.27. The van der Waals surface area contributed by atoms with E-state index < -0.39 is 0 Å². The van der Waals surface area contributed by atoms with E-state index in [0.29, 0.717) is 16.2 Å². The van der Waals surface area contributed by atoms with Crippen LogP contribution in [-0.4, -0.2) is 0 Å². The van der Waals surface area contributed by atoms with Gasteiger partial charge in [-0.2, -0.15) is 0 Å². The standard InChI is InChI=1S/C23H48/c1-11-13-20(19(3)12-2)18-23(10,16-14-21(4,5)6)17-15-22(7,8)9/h19-20H,11-18H2,1-10H3. The van der Waals surface area contributed by atoms with E-state index in [4.69, 9.17) is 0 Å².